The molecule has 1 heterocycles. The Hall–Kier alpha value is -0.290. The molecule has 1 saturated heterocycles. The third-order valence-corrected chi connectivity index (χ3v) is 1.90. The van der Waals surface area contributed by atoms with Gasteiger partial charge in [0.2, 0.25) is 6.23 Å². The molecule has 0 spiro atoms. The van der Waals surface area contributed by atoms with E-state index in [4.69, 9.17) is 0 Å². The molecule has 1 rings (SSSR count). The van der Waals surface area contributed by atoms with Crippen LogP contribution in [0, 0.1) is 5.92 Å². The fourth-order valence-corrected chi connectivity index (χ4v) is 1.42. The van der Waals surface area contributed by atoms with Gasteiger partial charge in [-0.05, 0) is 12.3 Å². The molecule has 0 bridgehead atoms. The first-order valence-electron chi connectivity index (χ1n) is 4.34. The Balaban J connectivity index is 2.36. The maximum Gasteiger partial charge on any atom is 0.428 e. The standard InChI is InChI=1S/C8H14F3NO/c1-5(2)3-6-4-13-7(12-6)8(9,10)11/h5-7,12H,3-4H2,1-2H3. The molecular formula is C8H14F3NO. The average Bonchev–Trinajstić information content (AvgIpc) is 2.32. The quantitative estimate of drug-likeness (QED) is 0.730. The number of hydrogen-bond donors (Lipinski definition) is 1. The highest BCUT2D eigenvalue weighted by atomic mass is 19.4. The molecule has 0 radical (unpaired) electrons. The minimum Gasteiger partial charge on any atom is -0.352 e. The molecule has 1 fully saturated rings. The van der Waals surface area contributed by atoms with Crippen LogP contribution in [0.1, 0.15) is 20.3 Å². The molecule has 0 aromatic rings. The fourth-order valence-electron chi connectivity index (χ4n) is 1.42. The Kier molecular flexibility index (Phi) is 3.18. The lowest BCUT2D eigenvalue weighted by atomic mass is 10.1. The van der Waals surface area contributed by atoms with Crippen LogP contribution in [0.15, 0.2) is 0 Å². The molecule has 78 valence electrons. The maximum atomic E-state index is 12.1. The van der Waals surface area contributed by atoms with Gasteiger partial charge >= 0.3 is 6.18 Å². The first kappa shape index (κ1) is 10.8. The molecule has 13 heavy (non-hydrogen) atoms. The number of ether oxygens (including phenoxy) is 1. The van der Waals surface area contributed by atoms with Crippen LogP contribution >= 0.6 is 0 Å². The Morgan fingerprint density at radius 1 is 1.46 bits per heavy atom. The molecule has 0 aromatic carbocycles. The summed E-state index contributed by atoms with van der Waals surface area (Å²) in [6, 6.07) is -0.161. The van der Waals surface area contributed by atoms with Gasteiger partial charge in [-0.3, -0.25) is 5.32 Å². The van der Waals surface area contributed by atoms with Crippen molar-refractivity contribution in [3.8, 4) is 0 Å². The molecule has 2 nitrogen and oxygen atoms in total. The van der Waals surface area contributed by atoms with E-state index in [1.54, 1.807) is 0 Å². The summed E-state index contributed by atoms with van der Waals surface area (Å²) in [5, 5.41) is 2.42. The molecule has 5 heteroatoms. The topological polar surface area (TPSA) is 21.3 Å². The van der Waals surface area contributed by atoms with E-state index >= 15 is 0 Å². The van der Waals surface area contributed by atoms with Crippen LogP contribution in [0.2, 0.25) is 0 Å². The van der Waals surface area contributed by atoms with Gasteiger partial charge in [0.1, 0.15) is 0 Å². The van der Waals surface area contributed by atoms with E-state index in [0.29, 0.717) is 12.3 Å². The van der Waals surface area contributed by atoms with Gasteiger partial charge in [-0.25, -0.2) is 0 Å². The van der Waals surface area contributed by atoms with Crippen LogP contribution in [0.25, 0.3) is 0 Å². The van der Waals surface area contributed by atoms with E-state index in [9.17, 15) is 13.2 Å². The Morgan fingerprint density at radius 3 is 2.46 bits per heavy atom. The maximum absolute atomic E-state index is 12.1. The van der Waals surface area contributed by atoms with Gasteiger partial charge in [0.15, 0.2) is 0 Å². The van der Waals surface area contributed by atoms with Crippen LogP contribution in [-0.4, -0.2) is 25.1 Å². The highest BCUT2D eigenvalue weighted by molar-refractivity contribution is 4.80. The minimum atomic E-state index is -4.29. The molecule has 1 aliphatic rings. The highest BCUT2D eigenvalue weighted by Crippen LogP contribution is 2.25. The lowest BCUT2D eigenvalue weighted by molar-refractivity contribution is -0.212. The second-order valence-corrected chi connectivity index (χ2v) is 3.75. The van der Waals surface area contributed by atoms with Crippen LogP contribution in [-0.2, 0) is 4.74 Å². The summed E-state index contributed by atoms with van der Waals surface area (Å²) in [5.74, 6) is 0.382. The molecule has 2 unspecified atom stereocenters. The van der Waals surface area contributed by atoms with Gasteiger partial charge in [-0.15, -0.1) is 0 Å². The summed E-state index contributed by atoms with van der Waals surface area (Å²) < 4.78 is 40.8. The summed E-state index contributed by atoms with van der Waals surface area (Å²) in [6.45, 7) is 4.10. The molecule has 0 aromatic heterocycles. The van der Waals surface area contributed by atoms with Crippen LogP contribution in [0.3, 0.4) is 0 Å². The first-order valence-corrected chi connectivity index (χ1v) is 4.34. The summed E-state index contributed by atoms with van der Waals surface area (Å²) in [7, 11) is 0. The van der Waals surface area contributed by atoms with E-state index in [2.05, 4.69) is 10.1 Å². The van der Waals surface area contributed by atoms with Crippen LogP contribution < -0.4 is 5.32 Å². The van der Waals surface area contributed by atoms with Crippen LogP contribution in [0.4, 0.5) is 13.2 Å². The van der Waals surface area contributed by atoms with E-state index in [-0.39, 0.29) is 12.6 Å². The normalized spacial score (nSPS) is 30.0. The van der Waals surface area contributed by atoms with Crippen molar-refractivity contribution in [3.05, 3.63) is 0 Å². The summed E-state index contributed by atoms with van der Waals surface area (Å²) in [5.41, 5.74) is 0. The van der Waals surface area contributed by atoms with Crippen molar-refractivity contribution in [3.63, 3.8) is 0 Å². The SMILES string of the molecule is CC(C)CC1COC(C(F)(F)F)N1. The van der Waals surface area contributed by atoms with Crippen molar-refractivity contribution in [1.82, 2.24) is 5.32 Å². The summed E-state index contributed by atoms with van der Waals surface area (Å²) in [6.07, 6.45) is -5.34. The lowest BCUT2D eigenvalue weighted by Gasteiger charge is -2.15. The molecule has 1 aliphatic heterocycles. The molecule has 0 aliphatic carbocycles. The minimum absolute atomic E-state index is 0.155. The van der Waals surface area contributed by atoms with Gasteiger partial charge in [-0.2, -0.15) is 13.2 Å². The predicted octanol–water partition coefficient (Wildman–Crippen LogP) is 1.91. The van der Waals surface area contributed by atoms with Crippen LogP contribution in [0.5, 0.6) is 0 Å². The largest absolute Gasteiger partial charge is 0.428 e. The summed E-state index contributed by atoms with van der Waals surface area (Å²) in [4.78, 5) is 0. The first-order chi connectivity index (χ1) is 5.89. The zero-order valence-electron chi connectivity index (χ0n) is 7.69. The molecule has 1 N–H and O–H groups in total. The smallest absolute Gasteiger partial charge is 0.352 e. The number of alkyl halides is 3. The number of halogens is 3. The van der Waals surface area contributed by atoms with Gasteiger partial charge in [0.05, 0.1) is 6.61 Å². The highest BCUT2D eigenvalue weighted by Gasteiger charge is 2.45. The molecule has 0 saturated carbocycles. The van der Waals surface area contributed by atoms with Gasteiger partial charge in [0, 0.05) is 6.04 Å². The van der Waals surface area contributed by atoms with Gasteiger partial charge in [0.25, 0.3) is 0 Å². The molecule has 2 atom stereocenters. The van der Waals surface area contributed by atoms with Crippen molar-refractivity contribution in [2.24, 2.45) is 5.92 Å². The summed E-state index contributed by atoms with van der Waals surface area (Å²) >= 11 is 0. The average molecular weight is 197 g/mol. The van der Waals surface area contributed by atoms with Crippen molar-refractivity contribution >= 4 is 0 Å². The Bertz CT molecular complexity index is 169. The van der Waals surface area contributed by atoms with E-state index in [1.807, 2.05) is 13.8 Å². The van der Waals surface area contributed by atoms with Crippen molar-refractivity contribution in [2.45, 2.75) is 38.7 Å². The molecule has 0 amide bonds. The second kappa shape index (κ2) is 3.84. The van der Waals surface area contributed by atoms with Crippen molar-refractivity contribution in [1.29, 1.82) is 0 Å². The third-order valence-electron chi connectivity index (χ3n) is 1.90. The number of nitrogens with one attached hydrogen (secondary N) is 1. The second-order valence-electron chi connectivity index (χ2n) is 3.75. The predicted molar refractivity (Wildman–Crippen MR) is 42.2 cm³/mol. The van der Waals surface area contributed by atoms with E-state index in [1.165, 1.54) is 0 Å². The fraction of sp³-hybridized carbons (Fsp3) is 1.00. The third kappa shape index (κ3) is 3.15. The van der Waals surface area contributed by atoms with Crippen molar-refractivity contribution < 1.29 is 17.9 Å². The monoisotopic (exact) mass is 197 g/mol. The van der Waals surface area contributed by atoms with Crippen molar-refractivity contribution in [2.75, 3.05) is 6.61 Å². The van der Waals surface area contributed by atoms with Gasteiger partial charge in [-0.1, -0.05) is 13.8 Å². The zero-order chi connectivity index (χ0) is 10.1. The lowest BCUT2D eigenvalue weighted by Crippen LogP contribution is -2.41. The zero-order valence-corrected chi connectivity index (χ0v) is 7.69. The molecular weight excluding hydrogens is 183 g/mol. The van der Waals surface area contributed by atoms with E-state index < -0.39 is 12.4 Å². The number of hydrogen-bond acceptors (Lipinski definition) is 2. The Labute approximate surface area is 75.4 Å². The van der Waals surface area contributed by atoms with E-state index in [0.717, 1.165) is 0 Å². The van der Waals surface area contributed by atoms with Gasteiger partial charge < -0.3 is 4.74 Å². The Morgan fingerprint density at radius 2 is 2.08 bits per heavy atom. The number of rotatable bonds is 2.